The van der Waals surface area contributed by atoms with Gasteiger partial charge in [0, 0.05) is 33.0 Å². The van der Waals surface area contributed by atoms with Gasteiger partial charge < -0.3 is 0 Å². The Labute approximate surface area is 119 Å². The smallest absolute Gasteiger partial charge is 0.246 e. The van der Waals surface area contributed by atoms with Crippen LogP contribution in [0.15, 0.2) is 4.90 Å². The van der Waals surface area contributed by atoms with Crippen LogP contribution in [-0.4, -0.2) is 41.4 Å². The van der Waals surface area contributed by atoms with Crippen LogP contribution in [0.1, 0.15) is 37.1 Å². The van der Waals surface area contributed by atoms with Crippen molar-refractivity contribution < 1.29 is 13.2 Å². The molecule has 1 aliphatic rings. The molecule has 0 bridgehead atoms. The van der Waals surface area contributed by atoms with Crippen molar-refractivity contribution in [3.63, 3.8) is 0 Å². The second kappa shape index (κ2) is 5.29. The minimum Gasteiger partial charge on any atom is -0.300 e. The molecule has 2 rings (SSSR count). The predicted octanol–water partition coefficient (Wildman–Crippen LogP) is 1.17. The van der Waals surface area contributed by atoms with Gasteiger partial charge >= 0.3 is 0 Å². The topological polar surface area (TPSA) is 72.3 Å². The number of hydrogen-bond donors (Lipinski definition) is 0. The lowest BCUT2D eigenvalue weighted by atomic mass is 9.95. The summed E-state index contributed by atoms with van der Waals surface area (Å²) in [5.74, 6) is 0.223. The Kier molecular flexibility index (Phi) is 4.02. The fraction of sp³-hybridized carbons (Fsp3) is 0.692. The molecule has 1 aromatic rings. The van der Waals surface area contributed by atoms with E-state index in [1.165, 1.54) is 4.31 Å². The second-order valence-electron chi connectivity index (χ2n) is 5.41. The zero-order valence-electron chi connectivity index (χ0n) is 12.4. The van der Waals surface area contributed by atoms with E-state index in [4.69, 9.17) is 0 Å². The molecule has 1 aromatic heterocycles. The molecule has 1 fully saturated rings. The molecule has 0 saturated heterocycles. The number of aryl methyl sites for hydroxylation is 2. The molecule has 1 heterocycles. The fourth-order valence-electron chi connectivity index (χ4n) is 2.76. The number of nitrogens with zero attached hydrogens (tertiary/aromatic N) is 3. The molecule has 0 atom stereocenters. The van der Waals surface area contributed by atoms with E-state index in [1.807, 2.05) is 0 Å². The number of aromatic nitrogens is 2. The van der Waals surface area contributed by atoms with Crippen molar-refractivity contribution in [1.29, 1.82) is 0 Å². The normalized spacial score (nSPS) is 17.9. The van der Waals surface area contributed by atoms with Gasteiger partial charge in [0.15, 0.2) is 0 Å². The maximum absolute atomic E-state index is 12.8. The zero-order valence-corrected chi connectivity index (χ0v) is 13.2. The molecule has 0 unspecified atom stereocenters. The number of carbonyl (C=O) groups excluding carboxylic acids is 1. The van der Waals surface area contributed by atoms with E-state index in [0.29, 0.717) is 42.0 Å². The first-order chi connectivity index (χ1) is 9.25. The first-order valence-corrected chi connectivity index (χ1v) is 8.19. The van der Waals surface area contributed by atoms with Gasteiger partial charge in [-0.1, -0.05) is 0 Å². The molecule has 0 aromatic carbocycles. The van der Waals surface area contributed by atoms with E-state index in [1.54, 1.807) is 32.6 Å². The van der Waals surface area contributed by atoms with Crippen LogP contribution in [-0.2, 0) is 21.9 Å². The lowest BCUT2D eigenvalue weighted by molar-refractivity contribution is -0.120. The van der Waals surface area contributed by atoms with Crippen LogP contribution in [0, 0.1) is 13.8 Å². The van der Waals surface area contributed by atoms with Crippen molar-refractivity contribution in [2.75, 3.05) is 7.05 Å². The van der Waals surface area contributed by atoms with E-state index >= 15 is 0 Å². The molecule has 20 heavy (non-hydrogen) atoms. The highest BCUT2D eigenvalue weighted by Crippen LogP contribution is 2.28. The van der Waals surface area contributed by atoms with Crippen LogP contribution in [0.2, 0.25) is 0 Å². The molecule has 6 nitrogen and oxygen atoms in total. The zero-order chi connectivity index (χ0) is 15.1. The number of carbonyl (C=O) groups is 1. The van der Waals surface area contributed by atoms with Crippen molar-refractivity contribution in [3.8, 4) is 0 Å². The lowest BCUT2D eigenvalue weighted by Crippen LogP contribution is -2.39. The summed E-state index contributed by atoms with van der Waals surface area (Å²) in [5.41, 5.74) is 1.16. The van der Waals surface area contributed by atoms with E-state index in [9.17, 15) is 13.2 Å². The van der Waals surface area contributed by atoms with Gasteiger partial charge in [0.25, 0.3) is 0 Å². The number of sulfonamides is 1. The maximum Gasteiger partial charge on any atom is 0.246 e. The van der Waals surface area contributed by atoms with Gasteiger partial charge in [-0.15, -0.1) is 0 Å². The summed E-state index contributed by atoms with van der Waals surface area (Å²) >= 11 is 0. The maximum atomic E-state index is 12.8. The fourth-order valence-corrected chi connectivity index (χ4v) is 4.57. The largest absolute Gasteiger partial charge is 0.300 e. The van der Waals surface area contributed by atoms with Gasteiger partial charge in [-0.05, 0) is 26.7 Å². The summed E-state index contributed by atoms with van der Waals surface area (Å²) in [6.45, 7) is 3.46. The second-order valence-corrected chi connectivity index (χ2v) is 7.35. The number of hydrogen-bond acceptors (Lipinski definition) is 4. The Morgan fingerprint density at radius 2 is 1.80 bits per heavy atom. The molecule has 1 saturated carbocycles. The van der Waals surface area contributed by atoms with Crippen LogP contribution in [0.5, 0.6) is 0 Å². The molecular weight excluding hydrogens is 278 g/mol. The molecule has 0 radical (unpaired) electrons. The Hall–Kier alpha value is -1.21. The highest BCUT2D eigenvalue weighted by Gasteiger charge is 2.34. The van der Waals surface area contributed by atoms with Crippen LogP contribution >= 0.6 is 0 Å². The third-order valence-corrected chi connectivity index (χ3v) is 6.27. The van der Waals surface area contributed by atoms with Crippen molar-refractivity contribution in [1.82, 2.24) is 14.1 Å². The minimum absolute atomic E-state index is 0.100. The summed E-state index contributed by atoms with van der Waals surface area (Å²) < 4.78 is 28.5. The Bertz CT molecular complexity index is 624. The van der Waals surface area contributed by atoms with Gasteiger partial charge in [0.2, 0.25) is 10.0 Å². The van der Waals surface area contributed by atoms with E-state index in [-0.39, 0.29) is 11.8 Å². The molecule has 0 aliphatic heterocycles. The van der Waals surface area contributed by atoms with Gasteiger partial charge in [-0.25, -0.2) is 8.42 Å². The monoisotopic (exact) mass is 299 g/mol. The third-order valence-electron chi connectivity index (χ3n) is 4.11. The summed E-state index contributed by atoms with van der Waals surface area (Å²) in [6.07, 6.45) is 2.14. The van der Waals surface area contributed by atoms with Crippen LogP contribution in [0.25, 0.3) is 0 Å². The minimum atomic E-state index is -3.56. The summed E-state index contributed by atoms with van der Waals surface area (Å²) in [4.78, 5) is 11.6. The van der Waals surface area contributed by atoms with Crippen molar-refractivity contribution in [2.24, 2.45) is 7.05 Å². The molecule has 0 spiro atoms. The SMILES string of the molecule is Cc1nn(C)c(C)c1S(=O)(=O)N(C)C1CCC(=O)CC1. The molecular formula is C13H21N3O3S. The van der Waals surface area contributed by atoms with Crippen molar-refractivity contribution in [3.05, 3.63) is 11.4 Å². The first-order valence-electron chi connectivity index (χ1n) is 6.75. The van der Waals surface area contributed by atoms with Gasteiger partial charge in [-0.2, -0.15) is 9.40 Å². The average Bonchev–Trinajstić information content (AvgIpc) is 2.63. The number of rotatable bonds is 3. The number of Topliss-reactive ketones (excluding diaryl/α,β-unsaturated/α-hetero) is 1. The van der Waals surface area contributed by atoms with Crippen molar-refractivity contribution >= 4 is 15.8 Å². The quantitative estimate of drug-likeness (QED) is 0.840. The molecule has 7 heteroatoms. The summed E-state index contributed by atoms with van der Waals surface area (Å²) in [5, 5.41) is 4.17. The van der Waals surface area contributed by atoms with E-state index < -0.39 is 10.0 Å². The van der Waals surface area contributed by atoms with Gasteiger partial charge in [-0.3, -0.25) is 9.48 Å². The Morgan fingerprint density at radius 1 is 1.25 bits per heavy atom. The standard InChI is InChI=1S/C13H21N3O3S/c1-9-13(10(2)15(3)14-9)20(18,19)16(4)11-5-7-12(17)8-6-11/h11H,5-8H2,1-4H3. The molecule has 1 aliphatic carbocycles. The summed E-state index contributed by atoms with van der Waals surface area (Å²) in [7, 11) is -0.222. The third kappa shape index (κ3) is 2.52. The van der Waals surface area contributed by atoms with Crippen molar-refractivity contribution in [2.45, 2.75) is 50.5 Å². The first kappa shape index (κ1) is 15.2. The van der Waals surface area contributed by atoms with Crippen LogP contribution in [0.3, 0.4) is 0 Å². The highest BCUT2D eigenvalue weighted by molar-refractivity contribution is 7.89. The summed E-state index contributed by atoms with van der Waals surface area (Å²) in [6, 6.07) is -0.100. The lowest BCUT2D eigenvalue weighted by Gasteiger charge is -2.30. The Balaban J connectivity index is 2.32. The highest BCUT2D eigenvalue weighted by atomic mass is 32.2. The average molecular weight is 299 g/mol. The molecule has 112 valence electrons. The van der Waals surface area contributed by atoms with Crippen LogP contribution < -0.4 is 0 Å². The van der Waals surface area contributed by atoms with Crippen LogP contribution in [0.4, 0.5) is 0 Å². The van der Waals surface area contributed by atoms with Gasteiger partial charge in [0.05, 0.1) is 11.4 Å². The van der Waals surface area contributed by atoms with Gasteiger partial charge in [0.1, 0.15) is 10.7 Å². The molecule has 0 N–H and O–H groups in total. The number of ketones is 1. The molecule has 0 amide bonds. The Morgan fingerprint density at radius 3 is 2.25 bits per heavy atom. The van der Waals surface area contributed by atoms with E-state index in [0.717, 1.165) is 0 Å². The van der Waals surface area contributed by atoms with E-state index in [2.05, 4.69) is 5.10 Å². The predicted molar refractivity (Wildman–Crippen MR) is 74.9 cm³/mol.